The molecule has 0 N–H and O–H groups in total. The van der Waals surface area contributed by atoms with Crippen LogP contribution in [0.5, 0.6) is 0 Å². The first-order chi connectivity index (χ1) is 35.6. The Bertz CT molecular complexity index is 1470. The fourth-order valence-electron chi connectivity index (χ4n) is 8.11. The third-order valence-corrected chi connectivity index (χ3v) is 12.7. The van der Waals surface area contributed by atoms with Crippen molar-refractivity contribution in [3.8, 4) is 0 Å². The molecule has 0 radical (unpaired) electrons. The summed E-state index contributed by atoms with van der Waals surface area (Å²) in [5.74, 6) is -2.36. The van der Waals surface area contributed by atoms with E-state index in [2.05, 4.69) is 98.9 Å². The first-order valence-corrected chi connectivity index (χ1v) is 29.7. The number of nitrogens with zero attached hydrogens (tertiary/aromatic N) is 1. The van der Waals surface area contributed by atoms with Crippen LogP contribution in [0.4, 0.5) is 0 Å². The predicted molar refractivity (Wildman–Crippen MR) is 306 cm³/mol. The van der Waals surface area contributed by atoms with Gasteiger partial charge in [0.2, 0.25) is 0 Å². The molecule has 0 saturated heterocycles. The van der Waals surface area contributed by atoms with E-state index in [1.807, 2.05) is 21.1 Å². The van der Waals surface area contributed by atoms with E-state index >= 15 is 0 Å². The fourth-order valence-corrected chi connectivity index (χ4v) is 8.11. The molecule has 0 spiro atoms. The molecule has 0 rings (SSSR count). The van der Waals surface area contributed by atoms with Crippen molar-refractivity contribution >= 4 is 17.9 Å². The Morgan fingerprint density at radius 3 is 1.15 bits per heavy atom. The number of rotatable bonds is 54. The molecule has 9 heteroatoms. The summed E-state index contributed by atoms with van der Waals surface area (Å²) in [5.41, 5.74) is 0. The highest BCUT2D eigenvalue weighted by atomic mass is 16.7. The maximum absolute atomic E-state index is 12.8. The Balaban J connectivity index is 4.31. The molecule has 0 saturated carbocycles. The van der Waals surface area contributed by atoms with Gasteiger partial charge in [-0.3, -0.25) is 9.59 Å². The van der Waals surface area contributed by atoms with Crippen LogP contribution in [0, 0.1) is 0 Å². The van der Waals surface area contributed by atoms with Gasteiger partial charge in [-0.25, -0.2) is 0 Å². The Morgan fingerprint density at radius 1 is 0.425 bits per heavy atom. The van der Waals surface area contributed by atoms with Gasteiger partial charge in [-0.05, 0) is 64.2 Å². The topological polar surface area (TPSA) is 111 Å². The van der Waals surface area contributed by atoms with Gasteiger partial charge in [-0.1, -0.05) is 253 Å². The zero-order valence-electron chi connectivity index (χ0n) is 47.7. The standard InChI is InChI=1S/C64H111NO8/c1-6-8-10-12-14-16-18-20-22-24-26-28-30-31-33-34-36-38-40-42-44-46-48-50-52-54-61(66)71-58-60(59-72-64(63(68)69)70-57-56-65(3,4)5)73-62(67)55-53-51-49-47-45-43-41-39-37-35-32-29-27-25-23-21-19-17-15-13-11-9-7-2/h9,11,15,17,21,23,27,29,35,37,41,43,47,49,60,64H,6-8,10,12-14,16,18-20,22,24-26,28,30-34,36,38-40,42,44-46,48,50-59H2,1-5H3/b11-9-,17-15-,23-21-,29-27-,37-35-,43-41-,49-47-. The van der Waals surface area contributed by atoms with E-state index in [1.54, 1.807) is 0 Å². The third kappa shape index (κ3) is 56.0. The van der Waals surface area contributed by atoms with Crippen molar-refractivity contribution < 1.29 is 42.9 Å². The average molecular weight is 1020 g/mol. The number of quaternary nitrogens is 1. The quantitative estimate of drug-likeness (QED) is 0.0195. The molecule has 0 amide bonds. The van der Waals surface area contributed by atoms with Crippen LogP contribution in [0.1, 0.15) is 245 Å². The Hall–Kier alpha value is -3.53. The Morgan fingerprint density at radius 2 is 0.781 bits per heavy atom. The summed E-state index contributed by atoms with van der Waals surface area (Å²) in [5, 5.41) is 11.8. The third-order valence-electron chi connectivity index (χ3n) is 12.7. The second-order valence-electron chi connectivity index (χ2n) is 20.9. The summed E-state index contributed by atoms with van der Waals surface area (Å²) in [4.78, 5) is 37.3. The largest absolute Gasteiger partial charge is 0.545 e. The van der Waals surface area contributed by atoms with Crippen LogP contribution < -0.4 is 5.11 Å². The number of esters is 2. The molecule has 73 heavy (non-hydrogen) atoms. The van der Waals surface area contributed by atoms with Gasteiger partial charge in [0.05, 0.1) is 40.3 Å². The van der Waals surface area contributed by atoms with Gasteiger partial charge in [-0.2, -0.15) is 0 Å². The lowest BCUT2D eigenvalue weighted by atomic mass is 10.0. The molecule has 0 aliphatic carbocycles. The minimum absolute atomic E-state index is 0.134. The summed E-state index contributed by atoms with van der Waals surface area (Å²) in [6.07, 6.45) is 69.3. The smallest absolute Gasteiger partial charge is 0.306 e. The molecule has 420 valence electrons. The van der Waals surface area contributed by atoms with Crippen LogP contribution in [0.3, 0.4) is 0 Å². The van der Waals surface area contributed by atoms with E-state index in [0.29, 0.717) is 23.9 Å². The lowest BCUT2D eigenvalue weighted by molar-refractivity contribution is -0.870. The second-order valence-corrected chi connectivity index (χ2v) is 20.9. The summed E-state index contributed by atoms with van der Waals surface area (Å²) in [6.45, 7) is 4.59. The maximum Gasteiger partial charge on any atom is 0.306 e. The summed E-state index contributed by atoms with van der Waals surface area (Å²) in [6, 6.07) is 0. The number of unbranched alkanes of at least 4 members (excludes halogenated alkanes) is 25. The summed E-state index contributed by atoms with van der Waals surface area (Å²) in [7, 11) is 5.90. The number of carbonyl (C=O) groups excluding carboxylic acids is 3. The molecule has 0 aromatic rings. The van der Waals surface area contributed by atoms with Gasteiger partial charge in [-0.15, -0.1) is 0 Å². The highest BCUT2D eigenvalue weighted by molar-refractivity contribution is 5.70. The molecule has 0 fully saturated rings. The van der Waals surface area contributed by atoms with Crippen molar-refractivity contribution in [2.24, 2.45) is 0 Å². The first kappa shape index (κ1) is 69.5. The van der Waals surface area contributed by atoms with E-state index in [-0.39, 0.29) is 38.6 Å². The minimum atomic E-state index is -1.64. The Labute approximate surface area is 449 Å². The van der Waals surface area contributed by atoms with Crippen molar-refractivity contribution in [2.75, 3.05) is 47.5 Å². The van der Waals surface area contributed by atoms with Gasteiger partial charge in [0.15, 0.2) is 12.4 Å². The highest BCUT2D eigenvalue weighted by Gasteiger charge is 2.22. The lowest BCUT2D eigenvalue weighted by Crippen LogP contribution is -2.44. The second kappa shape index (κ2) is 54.7. The zero-order chi connectivity index (χ0) is 53.4. The van der Waals surface area contributed by atoms with Crippen molar-refractivity contribution in [1.29, 1.82) is 0 Å². The van der Waals surface area contributed by atoms with Gasteiger partial charge in [0.1, 0.15) is 13.2 Å². The van der Waals surface area contributed by atoms with Gasteiger partial charge < -0.3 is 33.3 Å². The van der Waals surface area contributed by atoms with Crippen LogP contribution in [0.2, 0.25) is 0 Å². The van der Waals surface area contributed by atoms with E-state index < -0.39 is 24.3 Å². The molecule has 2 unspecified atom stereocenters. The fraction of sp³-hybridized carbons (Fsp3) is 0.734. The van der Waals surface area contributed by atoms with Gasteiger partial charge in [0.25, 0.3) is 0 Å². The van der Waals surface area contributed by atoms with E-state index in [9.17, 15) is 19.5 Å². The number of carboxylic acids is 1. The Kier molecular flexibility index (Phi) is 52.1. The van der Waals surface area contributed by atoms with Crippen molar-refractivity contribution in [2.45, 2.75) is 257 Å². The molecule has 2 atom stereocenters. The number of ether oxygens (including phenoxy) is 4. The molecule has 0 aromatic carbocycles. The van der Waals surface area contributed by atoms with E-state index in [4.69, 9.17) is 18.9 Å². The zero-order valence-corrected chi connectivity index (χ0v) is 47.7. The van der Waals surface area contributed by atoms with Crippen LogP contribution in [0.25, 0.3) is 0 Å². The van der Waals surface area contributed by atoms with Crippen LogP contribution >= 0.6 is 0 Å². The number of aliphatic carboxylic acids is 1. The van der Waals surface area contributed by atoms with Crippen molar-refractivity contribution in [1.82, 2.24) is 0 Å². The molecular formula is C64H111NO8. The molecule has 0 aliphatic heterocycles. The minimum Gasteiger partial charge on any atom is -0.545 e. The van der Waals surface area contributed by atoms with Crippen LogP contribution in [0.15, 0.2) is 85.1 Å². The van der Waals surface area contributed by atoms with Crippen molar-refractivity contribution in [3.05, 3.63) is 85.1 Å². The number of likely N-dealkylation sites (N-methyl/N-ethyl adjacent to an activating group) is 1. The maximum atomic E-state index is 12.8. The SMILES string of the molecule is CC/C=C\C/C=C\C/C=C\C/C=C\C/C=C\C/C=C\C/C=C\CCCC(=O)OC(COC(=O)CCCCCCCCCCCCCCCCCCCCCCCCCCC)COC(OCC[N+](C)(C)C)C(=O)[O-]. The van der Waals surface area contributed by atoms with Gasteiger partial charge in [0, 0.05) is 12.8 Å². The van der Waals surface area contributed by atoms with Crippen molar-refractivity contribution in [3.63, 3.8) is 0 Å². The number of allylic oxidation sites excluding steroid dienone is 14. The molecule has 0 heterocycles. The molecule has 0 aliphatic rings. The predicted octanol–water partition coefficient (Wildman–Crippen LogP) is 16.2. The lowest BCUT2D eigenvalue weighted by Gasteiger charge is -2.26. The average Bonchev–Trinajstić information content (AvgIpc) is 3.36. The normalized spacial score (nSPS) is 13.4. The number of carboxylic acid groups (broad SMARTS) is 1. The molecular weight excluding hydrogens is 911 g/mol. The highest BCUT2D eigenvalue weighted by Crippen LogP contribution is 2.17. The van der Waals surface area contributed by atoms with Crippen LogP contribution in [-0.2, 0) is 33.3 Å². The number of hydrogen-bond acceptors (Lipinski definition) is 8. The molecule has 9 nitrogen and oxygen atoms in total. The summed E-state index contributed by atoms with van der Waals surface area (Å²) < 4.78 is 22.6. The van der Waals surface area contributed by atoms with E-state index in [1.165, 1.54) is 141 Å². The first-order valence-electron chi connectivity index (χ1n) is 29.7. The molecule has 0 aromatic heterocycles. The number of hydrogen-bond donors (Lipinski definition) is 0. The molecule has 0 bridgehead atoms. The summed E-state index contributed by atoms with van der Waals surface area (Å²) >= 11 is 0. The van der Waals surface area contributed by atoms with E-state index in [0.717, 1.165) is 64.2 Å². The van der Waals surface area contributed by atoms with Crippen LogP contribution in [-0.4, -0.2) is 82.3 Å². The van der Waals surface area contributed by atoms with Gasteiger partial charge >= 0.3 is 11.9 Å². The number of carbonyl (C=O) groups is 3. The monoisotopic (exact) mass is 1020 g/mol.